The van der Waals surface area contributed by atoms with Crippen molar-refractivity contribution in [3.05, 3.63) is 71.8 Å². The van der Waals surface area contributed by atoms with Crippen molar-refractivity contribution in [1.29, 1.82) is 0 Å². The molecule has 0 heterocycles. The molecule has 0 N–H and O–H groups in total. The third-order valence-corrected chi connectivity index (χ3v) is 8.09. The summed E-state index contributed by atoms with van der Waals surface area (Å²) in [7, 11) is 1.97. The molecule has 0 aliphatic rings. The van der Waals surface area contributed by atoms with Crippen LogP contribution in [0.2, 0.25) is 0 Å². The molecule has 0 fully saturated rings. The molecule has 2 aromatic carbocycles. The van der Waals surface area contributed by atoms with Gasteiger partial charge in [0, 0.05) is 10.3 Å². The van der Waals surface area contributed by atoms with Gasteiger partial charge in [-0.05, 0) is 23.5 Å². The molecule has 0 aliphatic heterocycles. The largest absolute Gasteiger partial charge is 0.111 e. The van der Waals surface area contributed by atoms with Crippen LogP contribution in [0.4, 0.5) is 0 Å². The Morgan fingerprint density at radius 2 is 0.909 bits per heavy atom. The van der Waals surface area contributed by atoms with Crippen LogP contribution in [0.5, 0.6) is 0 Å². The van der Waals surface area contributed by atoms with Gasteiger partial charge >= 0.3 is 0 Å². The Labute approximate surface area is 139 Å². The van der Waals surface area contributed by atoms with E-state index in [1.807, 2.05) is 0 Å². The molecule has 0 radical (unpaired) electrons. The van der Waals surface area contributed by atoms with Gasteiger partial charge in [0.2, 0.25) is 0 Å². The Morgan fingerprint density at radius 1 is 0.591 bits per heavy atom. The quantitative estimate of drug-likeness (QED) is 0.418. The van der Waals surface area contributed by atoms with Gasteiger partial charge < -0.3 is 0 Å². The molecular formula is C20H28P2. The molecule has 2 aromatic rings. The monoisotopic (exact) mass is 330 g/mol. The van der Waals surface area contributed by atoms with E-state index in [4.69, 9.17) is 0 Å². The SMILES string of the molecule is CC(C)(PCCPC(C)(C)c1ccccc1)c1ccccc1. The van der Waals surface area contributed by atoms with E-state index in [1.54, 1.807) is 0 Å². The highest BCUT2D eigenvalue weighted by atomic mass is 31.1. The molecule has 0 bridgehead atoms. The minimum Gasteiger partial charge on any atom is -0.111 e. The van der Waals surface area contributed by atoms with E-state index in [1.165, 1.54) is 23.5 Å². The molecule has 0 aromatic heterocycles. The number of hydrogen-bond acceptors (Lipinski definition) is 0. The van der Waals surface area contributed by atoms with Gasteiger partial charge in [0.1, 0.15) is 0 Å². The Kier molecular flexibility index (Phi) is 6.19. The van der Waals surface area contributed by atoms with Crippen molar-refractivity contribution < 1.29 is 0 Å². The van der Waals surface area contributed by atoms with E-state index in [0.717, 1.165) is 17.2 Å². The summed E-state index contributed by atoms with van der Waals surface area (Å²) in [6.45, 7) is 9.52. The summed E-state index contributed by atoms with van der Waals surface area (Å²) in [5.41, 5.74) is 2.94. The molecule has 2 atom stereocenters. The maximum Gasteiger partial charge on any atom is 0.00699 e. The van der Waals surface area contributed by atoms with Gasteiger partial charge in [0.25, 0.3) is 0 Å². The van der Waals surface area contributed by atoms with Crippen LogP contribution >= 0.6 is 17.2 Å². The Balaban J connectivity index is 1.84. The lowest BCUT2D eigenvalue weighted by Crippen LogP contribution is -2.13. The van der Waals surface area contributed by atoms with Gasteiger partial charge in [-0.2, -0.15) is 0 Å². The molecule has 2 heteroatoms. The molecular weight excluding hydrogens is 302 g/mol. The van der Waals surface area contributed by atoms with Gasteiger partial charge in [-0.15, -0.1) is 17.2 Å². The average molecular weight is 330 g/mol. The molecule has 2 rings (SSSR count). The van der Waals surface area contributed by atoms with E-state index in [-0.39, 0.29) is 0 Å². The number of hydrogen-bond donors (Lipinski definition) is 0. The number of rotatable bonds is 7. The molecule has 0 aliphatic carbocycles. The lowest BCUT2D eigenvalue weighted by molar-refractivity contribution is 0.767. The van der Waals surface area contributed by atoms with Gasteiger partial charge in [-0.1, -0.05) is 88.4 Å². The van der Waals surface area contributed by atoms with Crippen molar-refractivity contribution in [1.82, 2.24) is 0 Å². The fourth-order valence-corrected chi connectivity index (χ4v) is 5.66. The van der Waals surface area contributed by atoms with E-state index >= 15 is 0 Å². The predicted octanol–water partition coefficient (Wildman–Crippen LogP) is 6.21. The van der Waals surface area contributed by atoms with E-state index in [2.05, 4.69) is 88.4 Å². The maximum atomic E-state index is 2.38. The Morgan fingerprint density at radius 3 is 1.23 bits per heavy atom. The van der Waals surface area contributed by atoms with E-state index < -0.39 is 0 Å². The second-order valence-electron chi connectivity index (χ2n) is 6.84. The van der Waals surface area contributed by atoms with Crippen LogP contribution in [-0.2, 0) is 10.3 Å². The third-order valence-electron chi connectivity index (χ3n) is 4.25. The molecule has 22 heavy (non-hydrogen) atoms. The Bertz CT molecular complexity index is 505. The molecule has 2 unspecified atom stereocenters. The molecule has 0 amide bonds. The smallest absolute Gasteiger partial charge is 0.00699 e. The molecule has 0 spiro atoms. The minimum atomic E-state index is 0.308. The average Bonchev–Trinajstić information content (AvgIpc) is 2.53. The highest BCUT2D eigenvalue weighted by Gasteiger charge is 2.22. The van der Waals surface area contributed by atoms with Crippen LogP contribution in [-0.4, -0.2) is 12.3 Å². The standard InChI is InChI=1S/C20H28P2/c1-19(2,17-11-7-5-8-12-17)21-15-16-22-20(3,4)18-13-9-6-10-14-18/h5-14,21-22H,15-16H2,1-4H3. The maximum absolute atomic E-state index is 2.38. The summed E-state index contributed by atoms with van der Waals surface area (Å²) in [6, 6.07) is 21.9. The summed E-state index contributed by atoms with van der Waals surface area (Å²) in [5, 5.41) is 0.616. The summed E-state index contributed by atoms with van der Waals surface area (Å²) in [5.74, 6) is 0. The van der Waals surface area contributed by atoms with Crippen molar-refractivity contribution in [3.63, 3.8) is 0 Å². The van der Waals surface area contributed by atoms with Gasteiger partial charge in [0.05, 0.1) is 0 Å². The summed E-state index contributed by atoms with van der Waals surface area (Å²) in [4.78, 5) is 0. The topological polar surface area (TPSA) is 0 Å². The minimum absolute atomic E-state index is 0.308. The van der Waals surface area contributed by atoms with Crippen molar-refractivity contribution in [3.8, 4) is 0 Å². The van der Waals surface area contributed by atoms with Crippen LogP contribution in [0.25, 0.3) is 0 Å². The van der Waals surface area contributed by atoms with Crippen LogP contribution in [0.1, 0.15) is 38.8 Å². The fourth-order valence-electron chi connectivity index (χ4n) is 2.66. The van der Waals surface area contributed by atoms with Crippen LogP contribution in [0, 0.1) is 0 Å². The second kappa shape index (κ2) is 7.72. The van der Waals surface area contributed by atoms with Crippen molar-refractivity contribution >= 4 is 17.2 Å². The van der Waals surface area contributed by atoms with Gasteiger partial charge in [-0.3, -0.25) is 0 Å². The summed E-state index contributed by atoms with van der Waals surface area (Å²) >= 11 is 0. The van der Waals surface area contributed by atoms with Crippen LogP contribution < -0.4 is 0 Å². The first-order chi connectivity index (χ1) is 10.4. The Hall–Kier alpha value is -0.700. The zero-order valence-electron chi connectivity index (χ0n) is 14.2. The first-order valence-electron chi connectivity index (χ1n) is 8.03. The third kappa shape index (κ3) is 4.91. The van der Waals surface area contributed by atoms with E-state index in [9.17, 15) is 0 Å². The zero-order chi connectivity index (χ0) is 16.1. The van der Waals surface area contributed by atoms with Crippen molar-refractivity contribution in [2.45, 2.75) is 38.0 Å². The summed E-state index contributed by atoms with van der Waals surface area (Å²) in [6.07, 6.45) is 2.66. The first-order valence-corrected chi connectivity index (χ1v) is 10.4. The first kappa shape index (κ1) is 17.7. The lowest BCUT2D eigenvalue weighted by Gasteiger charge is -2.28. The predicted molar refractivity (Wildman–Crippen MR) is 105 cm³/mol. The molecule has 0 saturated heterocycles. The molecule has 118 valence electrons. The van der Waals surface area contributed by atoms with E-state index in [0.29, 0.717) is 10.3 Å². The van der Waals surface area contributed by atoms with Crippen LogP contribution in [0.3, 0.4) is 0 Å². The second-order valence-corrected chi connectivity index (χ2v) is 11.0. The fraction of sp³-hybridized carbons (Fsp3) is 0.400. The number of benzene rings is 2. The summed E-state index contributed by atoms with van der Waals surface area (Å²) < 4.78 is 0. The van der Waals surface area contributed by atoms with Gasteiger partial charge in [0.15, 0.2) is 0 Å². The lowest BCUT2D eigenvalue weighted by atomic mass is 10.0. The zero-order valence-corrected chi connectivity index (χ0v) is 16.2. The highest BCUT2D eigenvalue weighted by Crippen LogP contribution is 2.45. The normalized spacial score (nSPS) is 13.5. The van der Waals surface area contributed by atoms with Crippen molar-refractivity contribution in [2.75, 3.05) is 12.3 Å². The molecule has 0 saturated carbocycles. The van der Waals surface area contributed by atoms with Crippen LogP contribution in [0.15, 0.2) is 60.7 Å². The molecule has 0 nitrogen and oxygen atoms in total. The van der Waals surface area contributed by atoms with Gasteiger partial charge in [-0.25, -0.2) is 0 Å². The van der Waals surface area contributed by atoms with Crippen molar-refractivity contribution in [2.24, 2.45) is 0 Å². The highest BCUT2D eigenvalue weighted by molar-refractivity contribution is 7.43.